The lowest BCUT2D eigenvalue weighted by molar-refractivity contribution is -0.123. The summed E-state index contributed by atoms with van der Waals surface area (Å²) in [6.07, 6.45) is -4.52. The van der Waals surface area contributed by atoms with E-state index < -0.39 is 18.6 Å². The number of anilines is 2. The fourth-order valence-corrected chi connectivity index (χ4v) is 2.29. The molecule has 25 heavy (non-hydrogen) atoms. The number of fused-ring (bicyclic) bond motifs is 1. The van der Waals surface area contributed by atoms with Gasteiger partial charge in [0.05, 0.1) is 5.56 Å². The second-order valence-corrected chi connectivity index (χ2v) is 5.33. The zero-order valence-electron chi connectivity index (χ0n) is 13.5. The topological polar surface area (TPSA) is 100 Å². The molecule has 2 rings (SSSR count). The predicted molar refractivity (Wildman–Crippen MR) is 86.4 cm³/mol. The monoisotopic (exact) mass is 358 g/mol. The van der Waals surface area contributed by atoms with Gasteiger partial charge >= 0.3 is 6.18 Å². The van der Waals surface area contributed by atoms with Crippen molar-refractivity contribution in [3.8, 4) is 0 Å². The lowest BCUT2D eigenvalue weighted by Crippen LogP contribution is -2.34. The van der Waals surface area contributed by atoms with E-state index in [1.54, 1.807) is 24.5 Å². The van der Waals surface area contributed by atoms with Gasteiger partial charge < -0.3 is 25.7 Å². The molecule has 4 N–H and O–H groups in total. The van der Waals surface area contributed by atoms with Crippen molar-refractivity contribution in [1.82, 2.24) is 10.3 Å². The van der Waals surface area contributed by atoms with Gasteiger partial charge in [0.1, 0.15) is 19.0 Å². The predicted octanol–water partition coefficient (Wildman–Crippen LogP) is 1.65. The van der Waals surface area contributed by atoms with Crippen LogP contribution in [0.2, 0.25) is 0 Å². The molecular formula is C15H17F3N4O3. The SMILES string of the molecule is COCC(=O)N(C)c1ccc2c(C(=O)NCC(F)(F)F)c(N)[nH]c2c1. The Kier molecular flexibility index (Phi) is 5.21. The van der Waals surface area contributed by atoms with Gasteiger partial charge in [-0.25, -0.2) is 0 Å². The summed E-state index contributed by atoms with van der Waals surface area (Å²) in [4.78, 5) is 27.9. The van der Waals surface area contributed by atoms with Gasteiger partial charge in [-0.1, -0.05) is 0 Å². The van der Waals surface area contributed by atoms with Crippen LogP contribution in [-0.4, -0.2) is 50.3 Å². The lowest BCUT2D eigenvalue weighted by atomic mass is 10.1. The number of nitrogens with zero attached hydrogens (tertiary/aromatic N) is 1. The van der Waals surface area contributed by atoms with Crippen LogP contribution in [0.15, 0.2) is 18.2 Å². The van der Waals surface area contributed by atoms with Crippen LogP contribution in [0.4, 0.5) is 24.7 Å². The summed E-state index contributed by atoms with van der Waals surface area (Å²) < 4.78 is 41.5. The molecule has 1 heterocycles. The molecule has 0 saturated carbocycles. The molecule has 2 amide bonds. The normalized spacial score (nSPS) is 11.6. The highest BCUT2D eigenvalue weighted by Gasteiger charge is 2.29. The minimum absolute atomic E-state index is 0.0577. The number of nitrogens with two attached hydrogens (primary N) is 1. The second kappa shape index (κ2) is 7.01. The first-order chi connectivity index (χ1) is 11.6. The van der Waals surface area contributed by atoms with E-state index in [1.165, 1.54) is 18.1 Å². The van der Waals surface area contributed by atoms with Gasteiger partial charge in [0.2, 0.25) is 0 Å². The number of rotatable bonds is 5. The van der Waals surface area contributed by atoms with Crippen molar-refractivity contribution in [2.45, 2.75) is 6.18 Å². The number of ether oxygens (including phenoxy) is 1. The molecule has 1 aromatic heterocycles. The van der Waals surface area contributed by atoms with E-state index in [2.05, 4.69) is 4.98 Å². The number of aromatic nitrogens is 1. The molecule has 0 aliphatic rings. The van der Waals surface area contributed by atoms with Gasteiger partial charge in [0.15, 0.2) is 0 Å². The van der Waals surface area contributed by atoms with Crippen LogP contribution < -0.4 is 16.0 Å². The number of H-pyrrole nitrogens is 1. The smallest absolute Gasteiger partial charge is 0.385 e. The zero-order chi connectivity index (χ0) is 18.8. The van der Waals surface area contributed by atoms with E-state index in [0.717, 1.165) is 0 Å². The summed E-state index contributed by atoms with van der Waals surface area (Å²) in [5.41, 5.74) is 6.59. The molecule has 2 aromatic rings. The molecule has 0 bridgehead atoms. The number of aromatic amines is 1. The number of benzene rings is 1. The average molecular weight is 358 g/mol. The largest absolute Gasteiger partial charge is 0.405 e. The second-order valence-electron chi connectivity index (χ2n) is 5.33. The Morgan fingerprint density at radius 1 is 1.36 bits per heavy atom. The molecule has 0 aliphatic heterocycles. The van der Waals surface area contributed by atoms with Gasteiger partial charge in [0, 0.05) is 30.7 Å². The first-order valence-corrected chi connectivity index (χ1v) is 7.15. The number of likely N-dealkylation sites (N-methyl/N-ethyl adjacent to an activating group) is 1. The Hall–Kier alpha value is -2.75. The summed E-state index contributed by atoms with van der Waals surface area (Å²) in [5.74, 6) is -1.28. The molecule has 0 saturated heterocycles. The Morgan fingerprint density at radius 3 is 2.64 bits per heavy atom. The fourth-order valence-electron chi connectivity index (χ4n) is 2.29. The van der Waals surface area contributed by atoms with Crippen molar-refractivity contribution in [3.63, 3.8) is 0 Å². The number of hydrogen-bond donors (Lipinski definition) is 3. The maximum atomic E-state index is 12.3. The molecule has 0 spiro atoms. The highest BCUT2D eigenvalue weighted by Crippen LogP contribution is 2.28. The van der Waals surface area contributed by atoms with E-state index in [9.17, 15) is 22.8 Å². The van der Waals surface area contributed by atoms with Crippen LogP contribution in [0.3, 0.4) is 0 Å². The minimum atomic E-state index is -4.52. The quantitative estimate of drug-likeness (QED) is 0.757. The van der Waals surface area contributed by atoms with E-state index in [0.29, 0.717) is 16.6 Å². The zero-order valence-corrected chi connectivity index (χ0v) is 13.5. The number of alkyl halides is 3. The Bertz CT molecular complexity index is 801. The van der Waals surface area contributed by atoms with Crippen molar-refractivity contribution >= 4 is 34.2 Å². The van der Waals surface area contributed by atoms with Gasteiger partial charge in [-0.15, -0.1) is 0 Å². The molecule has 7 nitrogen and oxygen atoms in total. The molecule has 0 unspecified atom stereocenters. The van der Waals surface area contributed by atoms with E-state index in [4.69, 9.17) is 10.5 Å². The molecule has 0 aliphatic carbocycles. The van der Waals surface area contributed by atoms with Crippen molar-refractivity contribution in [3.05, 3.63) is 23.8 Å². The molecule has 0 atom stereocenters. The summed E-state index contributed by atoms with van der Waals surface area (Å²) in [6, 6.07) is 4.64. The highest BCUT2D eigenvalue weighted by atomic mass is 19.4. The first kappa shape index (κ1) is 18.6. The molecule has 0 fully saturated rings. The summed E-state index contributed by atoms with van der Waals surface area (Å²) in [5, 5.41) is 2.14. The molecular weight excluding hydrogens is 341 g/mol. The van der Waals surface area contributed by atoms with Crippen LogP contribution in [0.5, 0.6) is 0 Å². The number of nitrogens with one attached hydrogen (secondary N) is 2. The fraction of sp³-hybridized carbons (Fsp3) is 0.333. The van der Waals surface area contributed by atoms with E-state index in [-0.39, 0.29) is 23.9 Å². The minimum Gasteiger partial charge on any atom is -0.385 e. The molecule has 10 heteroatoms. The van der Waals surface area contributed by atoms with Crippen molar-refractivity contribution in [1.29, 1.82) is 0 Å². The average Bonchev–Trinajstić information content (AvgIpc) is 2.86. The van der Waals surface area contributed by atoms with Crippen molar-refractivity contribution in [2.75, 3.05) is 37.9 Å². The van der Waals surface area contributed by atoms with E-state index in [1.807, 2.05) is 0 Å². The number of amides is 2. The number of hydrogen-bond acceptors (Lipinski definition) is 4. The lowest BCUT2D eigenvalue weighted by Gasteiger charge is -2.16. The third-order valence-electron chi connectivity index (χ3n) is 3.52. The van der Waals surface area contributed by atoms with Gasteiger partial charge in [0.25, 0.3) is 11.8 Å². The number of nitrogen functional groups attached to an aromatic ring is 1. The summed E-state index contributed by atoms with van der Waals surface area (Å²) in [7, 11) is 2.94. The van der Waals surface area contributed by atoms with Crippen LogP contribution in [0, 0.1) is 0 Å². The van der Waals surface area contributed by atoms with Gasteiger partial charge in [-0.05, 0) is 18.2 Å². The number of carbonyl (C=O) groups excluding carboxylic acids is 2. The number of methoxy groups -OCH3 is 1. The Labute approximate surface area is 140 Å². The third kappa shape index (κ3) is 4.21. The maximum absolute atomic E-state index is 12.3. The first-order valence-electron chi connectivity index (χ1n) is 7.15. The Balaban J connectivity index is 2.31. The Morgan fingerprint density at radius 2 is 2.04 bits per heavy atom. The van der Waals surface area contributed by atoms with Crippen LogP contribution in [0.1, 0.15) is 10.4 Å². The summed E-state index contributed by atoms with van der Waals surface area (Å²) >= 11 is 0. The number of carbonyl (C=O) groups is 2. The maximum Gasteiger partial charge on any atom is 0.405 e. The number of halogens is 3. The highest BCUT2D eigenvalue weighted by molar-refractivity contribution is 6.12. The standard InChI is InChI=1S/C15H17F3N4O3/c1-22(11(23)6-25-2)8-3-4-9-10(5-8)21-13(19)12(9)14(24)20-7-15(16,17)18/h3-5,21H,6-7,19H2,1-2H3,(H,20,24). The van der Waals surface area contributed by atoms with Crippen LogP contribution in [-0.2, 0) is 9.53 Å². The van der Waals surface area contributed by atoms with Gasteiger partial charge in [-0.3, -0.25) is 9.59 Å². The van der Waals surface area contributed by atoms with E-state index >= 15 is 0 Å². The molecule has 1 aromatic carbocycles. The third-order valence-corrected chi connectivity index (χ3v) is 3.52. The summed E-state index contributed by atoms with van der Waals surface area (Å²) in [6.45, 7) is -1.56. The van der Waals surface area contributed by atoms with Crippen LogP contribution in [0.25, 0.3) is 10.9 Å². The van der Waals surface area contributed by atoms with Gasteiger partial charge in [-0.2, -0.15) is 13.2 Å². The van der Waals surface area contributed by atoms with Crippen molar-refractivity contribution in [2.24, 2.45) is 0 Å². The van der Waals surface area contributed by atoms with Crippen LogP contribution >= 0.6 is 0 Å². The molecule has 0 radical (unpaired) electrons. The van der Waals surface area contributed by atoms with Crippen molar-refractivity contribution < 1.29 is 27.5 Å². The molecule has 136 valence electrons.